The van der Waals surface area contributed by atoms with E-state index in [0.29, 0.717) is 19.8 Å². The first-order valence-electron chi connectivity index (χ1n) is 9.20. The van der Waals surface area contributed by atoms with Gasteiger partial charge in [-0.1, -0.05) is 6.07 Å². The van der Waals surface area contributed by atoms with Crippen LogP contribution in [-0.4, -0.2) is 54.6 Å². The van der Waals surface area contributed by atoms with Crippen molar-refractivity contribution in [2.45, 2.75) is 32.2 Å². The molecule has 0 atom stereocenters. The van der Waals surface area contributed by atoms with Crippen LogP contribution in [-0.2, 0) is 16.1 Å². The Morgan fingerprint density at radius 2 is 1.92 bits per heavy atom. The Balaban J connectivity index is 1.35. The van der Waals surface area contributed by atoms with E-state index >= 15 is 0 Å². The molecular formula is C19H25N3O4. The summed E-state index contributed by atoms with van der Waals surface area (Å²) in [6, 6.07) is 6.11. The van der Waals surface area contributed by atoms with Gasteiger partial charge >= 0.3 is 0 Å². The van der Waals surface area contributed by atoms with E-state index in [2.05, 4.69) is 17.0 Å². The molecule has 4 rings (SSSR count). The molecule has 7 heteroatoms. The lowest BCUT2D eigenvalue weighted by Gasteiger charge is -2.47. The van der Waals surface area contributed by atoms with Crippen molar-refractivity contribution in [3.05, 3.63) is 23.8 Å². The third-order valence-electron chi connectivity index (χ3n) is 5.85. The van der Waals surface area contributed by atoms with Crippen LogP contribution in [0.5, 0.6) is 11.5 Å². The number of hydrogen-bond acceptors (Lipinski definition) is 5. The number of ether oxygens (including phenoxy) is 2. The maximum absolute atomic E-state index is 12.0. The van der Waals surface area contributed by atoms with Gasteiger partial charge < -0.3 is 20.1 Å². The summed E-state index contributed by atoms with van der Waals surface area (Å²) >= 11 is 0. The van der Waals surface area contributed by atoms with Crippen molar-refractivity contribution in [3.8, 4) is 11.5 Å². The largest absolute Gasteiger partial charge is 0.454 e. The summed E-state index contributed by atoms with van der Waals surface area (Å²) in [5, 5.41) is 0. The number of benzene rings is 1. The smallest absolute Gasteiger partial charge is 0.237 e. The van der Waals surface area contributed by atoms with E-state index in [4.69, 9.17) is 15.2 Å². The van der Waals surface area contributed by atoms with Gasteiger partial charge in [-0.05, 0) is 55.5 Å². The number of nitrogens with two attached hydrogens (primary N) is 1. The van der Waals surface area contributed by atoms with Gasteiger partial charge in [0.2, 0.25) is 18.6 Å². The molecule has 2 fully saturated rings. The van der Waals surface area contributed by atoms with Gasteiger partial charge in [0, 0.05) is 19.5 Å². The summed E-state index contributed by atoms with van der Waals surface area (Å²) in [6.07, 6.45) is 3.52. The predicted molar refractivity (Wildman–Crippen MR) is 94.5 cm³/mol. The molecule has 0 bridgehead atoms. The second kappa shape index (κ2) is 6.79. The van der Waals surface area contributed by atoms with E-state index < -0.39 is 5.91 Å². The molecule has 2 amide bonds. The highest BCUT2D eigenvalue weighted by Gasteiger charge is 2.41. The van der Waals surface area contributed by atoms with E-state index in [9.17, 15) is 9.59 Å². The predicted octanol–water partition coefficient (Wildman–Crippen LogP) is 1.11. The van der Waals surface area contributed by atoms with Crippen LogP contribution in [0.2, 0.25) is 0 Å². The SMILES string of the molecule is NC(=O)CN1CC2(CCC1=O)CCN(Cc1ccc3c(c1)OCO3)CC2. The molecule has 3 aliphatic heterocycles. The van der Waals surface area contributed by atoms with Crippen molar-refractivity contribution in [3.63, 3.8) is 0 Å². The van der Waals surface area contributed by atoms with Crippen LogP contribution < -0.4 is 15.2 Å². The first kappa shape index (κ1) is 17.1. The first-order valence-corrected chi connectivity index (χ1v) is 9.20. The van der Waals surface area contributed by atoms with Crippen molar-refractivity contribution < 1.29 is 19.1 Å². The monoisotopic (exact) mass is 359 g/mol. The van der Waals surface area contributed by atoms with Crippen LogP contribution >= 0.6 is 0 Å². The zero-order valence-electron chi connectivity index (χ0n) is 14.9. The molecule has 3 aliphatic rings. The number of amides is 2. The molecule has 1 aromatic rings. The topological polar surface area (TPSA) is 85.1 Å². The molecule has 2 saturated heterocycles. The highest BCUT2D eigenvalue weighted by molar-refractivity contribution is 5.84. The molecule has 0 aromatic heterocycles. The summed E-state index contributed by atoms with van der Waals surface area (Å²) in [6.45, 7) is 3.87. The number of carbonyl (C=O) groups excluding carboxylic acids is 2. The lowest BCUT2D eigenvalue weighted by molar-refractivity contribution is -0.142. The Bertz CT molecular complexity index is 713. The third kappa shape index (κ3) is 3.49. The molecule has 0 saturated carbocycles. The summed E-state index contributed by atoms with van der Waals surface area (Å²) in [5.41, 5.74) is 6.65. The summed E-state index contributed by atoms with van der Waals surface area (Å²) in [7, 11) is 0. The van der Waals surface area contributed by atoms with E-state index in [-0.39, 0.29) is 17.9 Å². The Morgan fingerprint density at radius 3 is 2.69 bits per heavy atom. The normalized spacial score (nSPS) is 22.0. The molecular weight excluding hydrogens is 334 g/mol. The zero-order valence-corrected chi connectivity index (χ0v) is 14.9. The van der Waals surface area contributed by atoms with Gasteiger partial charge in [-0.15, -0.1) is 0 Å². The Kier molecular flexibility index (Phi) is 4.48. The molecule has 1 aromatic carbocycles. The van der Waals surface area contributed by atoms with Gasteiger partial charge in [-0.2, -0.15) is 0 Å². The molecule has 26 heavy (non-hydrogen) atoms. The number of likely N-dealkylation sites (tertiary alicyclic amines) is 2. The van der Waals surface area contributed by atoms with Gasteiger partial charge in [-0.3, -0.25) is 14.5 Å². The Labute approximate surface area is 153 Å². The number of piperidine rings is 2. The van der Waals surface area contributed by atoms with Crippen LogP contribution in [0.15, 0.2) is 18.2 Å². The van der Waals surface area contributed by atoms with Crippen molar-refractivity contribution in [2.75, 3.05) is 33.0 Å². The molecule has 7 nitrogen and oxygen atoms in total. The van der Waals surface area contributed by atoms with E-state index in [1.165, 1.54) is 5.56 Å². The molecule has 0 aliphatic carbocycles. The van der Waals surface area contributed by atoms with Crippen molar-refractivity contribution >= 4 is 11.8 Å². The van der Waals surface area contributed by atoms with Crippen molar-refractivity contribution in [1.29, 1.82) is 0 Å². The number of rotatable bonds is 4. The number of hydrogen-bond donors (Lipinski definition) is 1. The number of nitrogens with zero attached hydrogens (tertiary/aromatic N) is 2. The van der Waals surface area contributed by atoms with Gasteiger partial charge in [0.05, 0.1) is 6.54 Å². The fourth-order valence-corrected chi connectivity index (χ4v) is 4.33. The van der Waals surface area contributed by atoms with Crippen molar-refractivity contribution in [2.24, 2.45) is 11.1 Å². The van der Waals surface area contributed by atoms with Crippen LogP contribution in [0.4, 0.5) is 0 Å². The molecule has 0 unspecified atom stereocenters. The maximum atomic E-state index is 12.0. The summed E-state index contributed by atoms with van der Waals surface area (Å²) < 4.78 is 10.8. The van der Waals surface area contributed by atoms with Gasteiger partial charge in [0.15, 0.2) is 11.5 Å². The maximum Gasteiger partial charge on any atom is 0.237 e. The molecule has 3 heterocycles. The van der Waals surface area contributed by atoms with E-state index in [0.717, 1.165) is 50.4 Å². The van der Waals surface area contributed by atoms with E-state index in [1.807, 2.05) is 6.07 Å². The standard InChI is InChI=1S/C19H25N3O4/c20-17(23)11-22-12-19(4-3-18(22)24)5-7-21(8-6-19)10-14-1-2-15-16(9-14)26-13-25-15/h1-2,9H,3-8,10-13H2,(H2,20,23). The van der Waals surface area contributed by atoms with Gasteiger partial charge in [0.25, 0.3) is 0 Å². The molecule has 0 radical (unpaired) electrons. The third-order valence-corrected chi connectivity index (χ3v) is 5.85. The molecule has 140 valence electrons. The fraction of sp³-hybridized carbons (Fsp3) is 0.579. The Hall–Kier alpha value is -2.28. The van der Waals surface area contributed by atoms with Gasteiger partial charge in [-0.25, -0.2) is 0 Å². The van der Waals surface area contributed by atoms with Crippen LogP contribution in [0, 0.1) is 5.41 Å². The lowest BCUT2D eigenvalue weighted by Crippen LogP contribution is -2.53. The quantitative estimate of drug-likeness (QED) is 0.870. The fourth-order valence-electron chi connectivity index (χ4n) is 4.33. The summed E-state index contributed by atoms with van der Waals surface area (Å²) in [5.74, 6) is 1.25. The minimum atomic E-state index is -0.435. The number of primary amides is 1. The van der Waals surface area contributed by atoms with Crippen LogP contribution in [0.25, 0.3) is 0 Å². The summed E-state index contributed by atoms with van der Waals surface area (Å²) in [4.78, 5) is 27.4. The minimum absolute atomic E-state index is 0.0431. The first-order chi connectivity index (χ1) is 12.5. The second-order valence-electron chi connectivity index (χ2n) is 7.68. The minimum Gasteiger partial charge on any atom is -0.454 e. The molecule has 2 N–H and O–H groups in total. The lowest BCUT2D eigenvalue weighted by atomic mass is 9.72. The average molecular weight is 359 g/mol. The second-order valence-corrected chi connectivity index (χ2v) is 7.68. The zero-order chi connectivity index (χ0) is 18.1. The van der Waals surface area contributed by atoms with Crippen LogP contribution in [0.1, 0.15) is 31.2 Å². The van der Waals surface area contributed by atoms with Crippen LogP contribution in [0.3, 0.4) is 0 Å². The molecule has 1 spiro atoms. The van der Waals surface area contributed by atoms with Crippen molar-refractivity contribution in [1.82, 2.24) is 9.80 Å². The number of carbonyl (C=O) groups is 2. The Morgan fingerprint density at radius 1 is 1.15 bits per heavy atom. The highest BCUT2D eigenvalue weighted by atomic mass is 16.7. The average Bonchev–Trinajstić information content (AvgIpc) is 3.08. The number of fused-ring (bicyclic) bond motifs is 1. The highest BCUT2D eigenvalue weighted by Crippen LogP contribution is 2.40. The van der Waals surface area contributed by atoms with Gasteiger partial charge in [0.1, 0.15) is 0 Å². The van der Waals surface area contributed by atoms with E-state index in [1.54, 1.807) is 4.90 Å².